The van der Waals surface area contributed by atoms with Crippen LogP contribution in [-0.2, 0) is 9.53 Å². The maximum atomic E-state index is 12.3. The second-order valence-corrected chi connectivity index (χ2v) is 7.58. The Hall–Kier alpha value is -2.27. The highest BCUT2D eigenvalue weighted by Crippen LogP contribution is 2.32. The first kappa shape index (κ1) is 19.1. The number of carboxylic acids is 1. The minimum absolute atomic E-state index is 0.0753. The van der Waals surface area contributed by atoms with Crippen molar-refractivity contribution in [1.29, 1.82) is 5.26 Å². The summed E-state index contributed by atoms with van der Waals surface area (Å²) in [5.41, 5.74) is 0.387. The Balaban J connectivity index is 2.27. The van der Waals surface area contributed by atoms with Crippen molar-refractivity contribution in [2.45, 2.75) is 32.4 Å². The molecule has 0 saturated carbocycles. The van der Waals surface area contributed by atoms with Gasteiger partial charge >= 0.3 is 12.1 Å². The van der Waals surface area contributed by atoms with E-state index in [4.69, 9.17) is 4.74 Å². The molecule has 1 aromatic carbocycles. The summed E-state index contributed by atoms with van der Waals surface area (Å²) in [6.45, 7) is 5.87. The number of benzene rings is 1. The molecule has 134 valence electrons. The average Bonchev–Trinajstić information content (AvgIpc) is 2.52. The normalized spacial score (nSPS) is 17.8. The van der Waals surface area contributed by atoms with Crippen LogP contribution in [0.25, 0.3) is 0 Å². The first-order chi connectivity index (χ1) is 11.6. The summed E-state index contributed by atoms with van der Waals surface area (Å²) >= 11 is 3.42. The van der Waals surface area contributed by atoms with Gasteiger partial charge in [-0.1, -0.05) is 6.07 Å². The predicted molar refractivity (Wildman–Crippen MR) is 95.4 cm³/mol. The van der Waals surface area contributed by atoms with Crippen LogP contribution >= 0.6 is 15.9 Å². The molecule has 1 heterocycles. The smallest absolute Gasteiger partial charge is 0.411 e. The van der Waals surface area contributed by atoms with Crippen molar-refractivity contribution < 1.29 is 19.4 Å². The van der Waals surface area contributed by atoms with Gasteiger partial charge in [0.1, 0.15) is 17.7 Å². The Bertz CT molecular complexity index is 724. The van der Waals surface area contributed by atoms with Crippen molar-refractivity contribution >= 4 is 33.7 Å². The molecule has 25 heavy (non-hydrogen) atoms. The van der Waals surface area contributed by atoms with E-state index in [1.165, 1.54) is 4.90 Å². The molecule has 7 nitrogen and oxygen atoms in total. The quantitative estimate of drug-likeness (QED) is 0.806. The summed E-state index contributed by atoms with van der Waals surface area (Å²) in [6.07, 6.45) is -0.646. The molecule has 8 heteroatoms. The molecule has 0 aromatic heterocycles. The number of carbonyl (C=O) groups is 2. The molecule has 0 spiro atoms. The summed E-state index contributed by atoms with van der Waals surface area (Å²) in [5.74, 6) is -1.11. The molecule has 0 aliphatic carbocycles. The topological polar surface area (TPSA) is 93.9 Å². The van der Waals surface area contributed by atoms with Gasteiger partial charge in [0.15, 0.2) is 0 Å². The number of aliphatic carboxylic acids is 1. The van der Waals surface area contributed by atoms with Crippen LogP contribution in [0.2, 0.25) is 0 Å². The minimum Gasteiger partial charge on any atom is -0.480 e. The van der Waals surface area contributed by atoms with Gasteiger partial charge in [-0.2, -0.15) is 5.26 Å². The first-order valence-electron chi connectivity index (χ1n) is 7.80. The van der Waals surface area contributed by atoms with Gasteiger partial charge in [0.2, 0.25) is 0 Å². The Kier molecular flexibility index (Phi) is 5.58. The molecule has 0 radical (unpaired) electrons. The molecule has 1 fully saturated rings. The van der Waals surface area contributed by atoms with E-state index in [1.807, 2.05) is 4.90 Å². The largest absolute Gasteiger partial charge is 0.480 e. The molecule has 1 atom stereocenters. The number of rotatable bonds is 2. The Morgan fingerprint density at radius 1 is 1.36 bits per heavy atom. The van der Waals surface area contributed by atoms with Gasteiger partial charge in [-0.3, -0.25) is 4.90 Å². The summed E-state index contributed by atoms with van der Waals surface area (Å²) < 4.78 is 6.02. The zero-order chi connectivity index (χ0) is 18.8. The molecule has 1 amide bonds. The van der Waals surface area contributed by atoms with Crippen LogP contribution in [-0.4, -0.2) is 53.3 Å². The van der Waals surface area contributed by atoms with E-state index in [1.54, 1.807) is 39.0 Å². The summed E-state index contributed by atoms with van der Waals surface area (Å²) in [7, 11) is 0. The third-order valence-electron chi connectivity index (χ3n) is 3.72. The third-order valence-corrected chi connectivity index (χ3v) is 4.36. The van der Waals surface area contributed by atoms with Crippen molar-refractivity contribution in [3.05, 3.63) is 28.2 Å². The summed E-state index contributed by atoms with van der Waals surface area (Å²) in [6, 6.07) is 6.29. The standard InChI is InChI=1S/C17H20BrN3O4/c1-17(2,3)25-16(24)21-8-7-20(10-13(21)15(22)23)14-11(9-19)5-4-6-12(14)18/h4-6,13H,7-8,10H2,1-3H3,(H,22,23). The number of carboxylic acid groups (broad SMARTS) is 1. The number of para-hydroxylation sites is 1. The predicted octanol–water partition coefficient (Wildman–Crippen LogP) is 2.83. The zero-order valence-electron chi connectivity index (χ0n) is 14.3. The lowest BCUT2D eigenvalue weighted by atomic mass is 10.1. The average molecular weight is 410 g/mol. The van der Waals surface area contributed by atoms with Crippen molar-refractivity contribution in [3.63, 3.8) is 0 Å². The number of ether oxygens (including phenoxy) is 1. The molecule has 2 rings (SSSR count). The maximum Gasteiger partial charge on any atom is 0.411 e. The lowest BCUT2D eigenvalue weighted by molar-refractivity contribution is -0.143. The number of hydrogen-bond donors (Lipinski definition) is 1. The van der Waals surface area contributed by atoms with Crippen molar-refractivity contribution in [3.8, 4) is 6.07 Å². The van der Waals surface area contributed by atoms with E-state index in [9.17, 15) is 20.0 Å². The van der Waals surface area contributed by atoms with Crippen molar-refractivity contribution in [2.24, 2.45) is 0 Å². The lowest BCUT2D eigenvalue weighted by Crippen LogP contribution is -2.59. The highest BCUT2D eigenvalue weighted by molar-refractivity contribution is 9.10. The number of anilines is 1. The Morgan fingerprint density at radius 2 is 2.04 bits per heavy atom. The van der Waals surface area contributed by atoms with Crippen LogP contribution in [0.5, 0.6) is 0 Å². The fourth-order valence-electron chi connectivity index (χ4n) is 2.66. The minimum atomic E-state index is -1.11. The van der Waals surface area contributed by atoms with Crippen LogP contribution < -0.4 is 4.90 Å². The second-order valence-electron chi connectivity index (χ2n) is 6.72. The highest BCUT2D eigenvalue weighted by atomic mass is 79.9. The van der Waals surface area contributed by atoms with E-state index >= 15 is 0 Å². The Morgan fingerprint density at radius 3 is 2.60 bits per heavy atom. The highest BCUT2D eigenvalue weighted by Gasteiger charge is 2.38. The SMILES string of the molecule is CC(C)(C)OC(=O)N1CCN(c2c(Br)cccc2C#N)CC1C(=O)O. The van der Waals surface area contributed by atoms with Crippen LogP contribution in [0.1, 0.15) is 26.3 Å². The fourth-order valence-corrected chi connectivity index (χ4v) is 3.28. The monoisotopic (exact) mass is 409 g/mol. The molecular weight excluding hydrogens is 390 g/mol. The van der Waals surface area contributed by atoms with Gasteiger partial charge in [-0.05, 0) is 48.8 Å². The second kappa shape index (κ2) is 7.31. The van der Waals surface area contributed by atoms with Gasteiger partial charge in [0, 0.05) is 24.1 Å². The van der Waals surface area contributed by atoms with Gasteiger partial charge in [-0.15, -0.1) is 0 Å². The summed E-state index contributed by atoms with van der Waals surface area (Å²) in [5, 5.41) is 18.9. The number of hydrogen-bond acceptors (Lipinski definition) is 5. The van der Waals surface area contributed by atoms with Crippen LogP contribution in [0.15, 0.2) is 22.7 Å². The van der Waals surface area contributed by atoms with Crippen LogP contribution in [0.4, 0.5) is 10.5 Å². The third kappa shape index (κ3) is 4.42. The van der Waals surface area contributed by atoms with E-state index < -0.39 is 23.7 Å². The number of amides is 1. The van der Waals surface area contributed by atoms with Crippen LogP contribution in [0, 0.1) is 11.3 Å². The molecule has 1 unspecified atom stereocenters. The van der Waals surface area contributed by atoms with Gasteiger partial charge in [-0.25, -0.2) is 9.59 Å². The van der Waals surface area contributed by atoms with Gasteiger partial charge in [0.05, 0.1) is 11.3 Å². The molecular formula is C17H20BrN3O4. The number of carbonyl (C=O) groups excluding carboxylic acids is 1. The zero-order valence-corrected chi connectivity index (χ0v) is 15.9. The number of nitrogens with zero attached hydrogens (tertiary/aromatic N) is 3. The van der Waals surface area contributed by atoms with E-state index in [2.05, 4.69) is 22.0 Å². The molecule has 1 N–H and O–H groups in total. The number of piperazine rings is 1. The lowest BCUT2D eigenvalue weighted by Gasteiger charge is -2.41. The van der Waals surface area contributed by atoms with E-state index in [0.29, 0.717) is 22.3 Å². The number of halogens is 1. The molecule has 1 aliphatic heterocycles. The molecule has 0 bridgehead atoms. The van der Waals surface area contributed by atoms with Gasteiger partial charge in [0.25, 0.3) is 0 Å². The van der Waals surface area contributed by atoms with Crippen molar-refractivity contribution in [1.82, 2.24) is 4.90 Å². The fraction of sp³-hybridized carbons (Fsp3) is 0.471. The summed E-state index contributed by atoms with van der Waals surface area (Å²) in [4.78, 5) is 27.1. The van der Waals surface area contributed by atoms with Crippen LogP contribution in [0.3, 0.4) is 0 Å². The van der Waals surface area contributed by atoms with Gasteiger partial charge < -0.3 is 14.7 Å². The molecule has 1 aliphatic rings. The van der Waals surface area contributed by atoms with E-state index in [-0.39, 0.29) is 13.1 Å². The number of nitriles is 1. The molecule has 1 aromatic rings. The maximum absolute atomic E-state index is 12.3. The van der Waals surface area contributed by atoms with E-state index in [0.717, 1.165) is 0 Å². The Labute approximate surface area is 154 Å². The molecule has 1 saturated heterocycles. The van der Waals surface area contributed by atoms with Crippen molar-refractivity contribution in [2.75, 3.05) is 24.5 Å². The first-order valence-corrected chi connectivity index (χ1v) is 8.59.